The van der Waals surface area contributed by atoms with Crippen molar-refractivity contribution in [2.45, 2.75) is 25.8 Å². The molecule has 21 heavy (non-hydrogen) atoms. The van der Waals surface area contributed by atoms with Gasteiger partial charge >= 0.3 is 0 Å². The number of amides is 1. The third-order valence-corrected chi connectivity index (χ3v) is 4.11. The third-order valence-electron chi connectivity index (χ3n) is 3.26. The maximum absolute atomic E-state index is 12.1. The van der Waals surface area contributed by atoms with Crippen LogP contribution in [0.3, 0.4) is 0 Å². The maximum Gasteiger partial charge on any atom is 0.276 e. The summed E-state index contributed by atoms with van der Waals surface area (Å²) in [4.78, 5) is 12.1. The molecule has 5 nitrogen and oxygen atoms in total. The monoisotopic (exact) mass is 346 g/mol. The Morgan fingerprint density at radius 2 is 2.05 bits per heavy atom. The van der Waals surface area contributed by atoms with Crippen molar-refractivity contribution in [1.29, 1.82) is 0 Å². The largest absolute Gasteiger partial charge is 0.366 e. The van der Waals surface area contributed by atoms with Gasteiger partial charge in [0, 0.05) is 16.2 Å². The first-order valence-corrected chi connectivity index (χ1v) is 7.59. The minimum absolute atomic E-state index is 0.267. The summed E-state index contributed by atoms with van der Waals surface area (Å²) in [6.07, 6.45) is 2.35. The predicted octanol–water partition coefficient (Wildman–Crippen LogP) is 3.37. The van der Waals surface area contributed by atoms with Crippen molar-refractivity contribution in [3.8, 4) is 0 Å². The van der Waals surface area contributed by atoms with Crippen LogP contribution in [-0.4, -0.2) is 22.1 Å². The van der Waals surface area contributed by atoms with E-state index in [0.29, 0.717) is 17.6 Å². The lowest BCUT2D eigenvalue weighted by Crippen LogP contribution is -2.15. The van der Waals surface area contributed by atoms with Gasteiger partial charge in [-0.15, -0.1) is 10.2 Å². The van der Waals surface area contributed by atoms with Gasteiger partial charge in [0.1, 0.15) is 5.82 Å². The predicted molar refractivity (Wildman–Crippen MR) is 85.5 cm³/mol. The lowest BCUT2D eigenvalue weighted by molar-refractivity contribution is 0.102. The van der Waals surface area contributed by atoms with E-state index in [-0.39, 0.29) is 5.91 Å². The van der Waals surface area contributed by atoms with E-state index in [1.807, 2.05) is 25.1 Å². The summed E-state index contributed by atoms with van der Waals surface area (Å²) in [5.41, 5.74) is 2.13. The number of aromatic nitrogens is 2. The summed E-state index contributed by atoms with van der Waals surface area (Å²) in [6.45, 7) is 1.99. The molecule has 0 spiro atoms. The number of halogens is 1. The number of hydrogen-bond acceptors (Lipinski definition) is 4. The second kappa shape index (κ2) is 5.81. The summed E-state index contributed by atoms with van der Waals surface area (Å²) < 4.78 is 0.954. The summed E-state index contributed by atoms with van der Waals surface area (Å²) in [5.74, 6) is 0.448. The maximum atomic E-state index is 12.1. The van der Waals surface area contributed by atoms with Gasteiger partial charge in [0.25, 0.3) is 5.91 Å². The molecule has 0 unspecified atom stereocenters. The molecule has 2 aromatic rings. The average Bonchev–Trinajstić information content (AvgIpc) is 3.28. The topological polar surface area (TPSA) is 66.9 Å². The van der Waals surface area contributed by atoms with Gasteiger partial charge in [-0.05, 0) is 49.6 Å². The minimum Gasteiger partial charge on any atom is -0.366 e. The third kappa shape index (κ3) is 3.58. The first-order chi connectivity index (χ1) is 10.1. The van der Waals surface area contributed by atoms with Crippen LogP contribution in [0.2, 0.25) is 0 Å². The molecule has 1 aliphatic rings. The standard InChI is InChI=1S/C15H15BrN4O/c1-9-2-3-11(8-12(9)16)18-15(21)13-6-7-14(20-19-13)17-10-4-5-10/h2-3,6-8,10H,4-5H2,1H3,(H,17,20)(H,18,21). The number of hydrogen-bond donors (Lipinski definition) is 2. The molecule has 3 rings (SSSR count). The molecular formula is C15H15BrN4O. The number of carbonyl (C=O) groups is 1. The van der Waals surface area contributed by atoms with E-state index in [9.17, 15) is 4.79 Å². The molecule has 0 radical (unpaired) electrons. The zero-order chi connectivity index (χ0) is 14.8. The Morgan fingerprint density at radius 1 is 1.24 bits per heavy atom. The van der Waals surface area contributed by atoms with E-state index in [1.54, 1.807) is 12.1 Å². The van der Waals surface area contributed by atoms with Crippen LogP contribution >= 0.6 is 15.9 Å². The van der Waals surface area contributed by atoms with Crippen molar-refractivity contribution >= 4 is 33.3 Å². The first-order valence-electron chi connectivity index (χ1n) is 6.79. The van der Waals surface area contributed by atoms with E-state index in [2.05, 4.69) is 36.8 Å². The molecule has 1 saturated carbocycles. The van der Waals surface area contributed by atoms with Crippen molar-refractivity contribution in [2.75, 3.05) is 10.6 Å². The molecule has 2 N–H and O–H groups in total. The van der Waals surface area contributed by atoms with E-state index in [0.717, 1.165) is 15.7 Å². The minimum atomic E-state index is -0.267. The van der Waals surface area contributed by atoms with Crippen LogP contribution in [0.25, 0.3) is 0 Å². The number of benzene rings is 1. The van der Waals surface area contributed by atoms with Crippen LogP contribution in [0, 0.1) is 6.92 Å². The zero-order valence-electron chi connectivity index (χ0n) is 11.6. The van der Waals surface area contributed by atoms with Crippen molar-refractivity contribution in [3.63, 3.8) is 0 Å². The molecule has 108 valence electrons. The van der Waals surface area contributed by atoms with Crippen molar-refractivity contribution < 1.29 is 4.79 Å². The van der Waals surface area contributed by atoms with Crippen LogP contribution in [0.15, 0.2) is 34.8 Å². The van der Waals surface area contributed by atoms with Gasteiger partial charge in [0.2, 0.25) is 0 Å². The zero-order valence-corrected chi connectivity index (χ0v) is 13.1. The number of rotatable bonds is 4. The highest BCUT2D eigenvalue weighted by molar-refractivity contribution is 9.10. The van der Waals surface area contributed by atoms with Gasteiger partial charge in [0.15, 0.2) is 5.69 Å². The van der Waals surface area contributed by atoms with Gasteiger partial charge in [-0.2, -0.15) is 0 Å². The Morgan fingerprint density at radius 3 is 2.67 bits per heavy atom. The van der Waals surface area contributed by atoms with Crippen LogP contribution in [-0.2, 0) is 0 Å². The van der Waals surface area contributed by atoms with Gasteiger partial charge in [-0.1, -0.05) is 22.0 Å². The highest BCUT2D eigenvalue weighted by Gasteiger charge is 2.21. The molecule has 0 aliphatic heterocycles. The fourth-order valence-electron chi connectivity index (χ4n) is 1.83. The summed E-state index contributed by atoms with van der Waals surface area (Å²) in [7, 11) is 0. The molecule has 1 heterocycles. The molecular weight excluding hydrogens is 332 g/mol. The number of aryl methyl sites for hydroxylation is 1. The van der Waals surface area contributed by atoms with Gasteiger partial charge < -0.3 is 10.6 Å². The SMILES string of the molecule is Cc1ccc(NC(=O)c2ccc(NC3CC3)nn2)cc1Br. The van der Waals surface area contributed by atoms with Gasteiger partial charge in [0.05, 0.1) is 0 Å². The van der Waals surface area contributed by atoms with E-state index in [4.69, 9.17) is 0 Å². The van der Waals surface area contributed by atoms with Crippen molar-refractivity contribution in [2.24, 2.45) is 0 Å². The van der Waals surface area contributed by atoms with E-state index < -0.39 is 0 Å². The molecule has 1 amide bonds. The Bertz CT molecular complexity index is 668. The fraction of sp³-hybridized carbons (Fsp3) is 0.267. The van der Waals surface area contributed by atoms with Crippen LogP contribution in [0.5, 0.6) is 0 Å². The fourth-order valence-corrected chi connectivity index (χ4v) is 2.21. The molecule has 1 aromatic carbocycles. The second-order valence-corrected chi connectivity index (χ2v) is 5.99. The lowest BCUT2D eigenvalue weighted by Gasteiger charge is -2.07. The molecule has 6 heteroatoms. The molecule has 0 bridgehead atoms. The van der Waals surface area contributed by atoms with E-state index >= 15 is 0 Å². The number of nitrogens with one attached hydrogen (secondary N) is 2. The van der Waals surface area contributed by atoms with Gasteiger partial charge in [-0.3, -0.25) is 4.79 Å². The summed E-state index contributed by atoms with van der Waals surface area (Å²) in [6, 6.07) is 9.64. The van der Waals surface area contributed by atoms with Crippen molar-refractivity contribution in [3.05, 3.63) is 46.1 Å². The molecule has 0 atom stereocenters. The average molecular weight is 347 g/mol. The molecule has 1 fully saturated rings. The smallest absolute Gasteiger partial charge is 0.276 e. The highest BCUT2D eigenvalue weighted by Crippen LogP contribution is 2.23. The second-order valence-electron chi connectivity index (χ2n) is 5.14. The van der Waals surface area contributed by atoms with Crippen LogP contribution in [0.4, 0.5) is 11.5 Å². The van der Waals surface area contributed by atoms with Crippen LogP contribution in [0.1, 0.15) is 28.9 Å². The Balaban J connectivity index is 1.67. The van der Waals surface area contributed by atoms with Crippen molar-refractivity contribution in [1.82, 2.24) is 10.2 Å². The van der Waals surface area contributed by atoms with Gasteiger partial charge in [-0.25, -0.2) is 0 Å². The normalized spacial score (nSPS) is 13.8. The lowest BCUT2D eigenvalue weighted by atomic mass is 10.2. The number of anilines is 2. The quantitative estimate of drug-likeness (QED) is 0.890. The Kier molecular flexibility index (Phi) is 3.88. The Labute approximate surface area is 131 Å². The molecule has 1 aliphatic carbocycles. The first kappa shape index (κ1) is 14.0. The molecule has 1 aromatic heterocycles. The Hall–Kier alpha value is -1.95. The number of carbonyl (C=O) groups excluding carboxylic acids is 1. The highest BCUT2D eigenvalue weighted by atomic mass is 79.9. The molecule has 0 saturated heterocycles. The van der Waals surface area contributed by atoms with Crippen LogP contribution < -0.4 is 10.6 Å². The summed E-state index contributed by atoms with van der Waals surface area (Å²) >= 11 is 3.44. The summed E-state index contributed by atoms with van der Waals surface area (Å²) in [5, 5.41) is 14.0. The van der Waals surface area contributed by atoms with E-state index in [1.165, 1.54) is 12.8 Å². The number of nitrogens with zero attached hydrogens (tertiary/aromatic N) is 2.